The third-order valence-electron chi connectivity index (χ3n) is 1.89. The van der Waals surface area contributed by atoms with Crippen LogP contribution >= 0.6 is 11.5 Å². The first-order valence-electron chi connectivity index (χ1n) is 3.96. The van der Waals surface area contributed by atoms with Gasteiger partial charge < -0.3 is 5.11 Å². The third-order valence-corrected chi connectivity index (χ3v) is 2.70. The highest BCUT2D eigenvalue weighted by Gasteiger charge is 2.31. The maximum absolute atomic E-state index is 13.0. The van der Waals surface area contributed by atoms with Gasteiger partial charge in [0.25, 0.3) is 5.92 Å². The van der Waals surface area contributed by atoms with Crippen molar-refractivity contribution in [2.45, 2.75) is 12.8 Å². The van der Waals surface area contributed by atoms with Gasteiger partial charge in [0.05, 0.1) is 10.1 Å². The van der Waals surface area contributed by atoms with Gasteiger partial charge in [0, 0.05) is 6.92 Å². The molecule has 5 heteroatoms. The van der Waals surface area contributed by atoms with Crippen LogP contribution in [-0.2, 0) is 5.92 Å². The molecule has 2 rings (SSSR count). The number of alkyl halides is 2. The number of aromatic nitrogens is 1. The van der Waals surface area contributed by atoms with Gasteiger partial charge in [-0.25, -0.2) is 0 Å². The van der Waals surface area contributed by atoms with E-state index in [9.17, 15) is 13.9 Å². The molecule has 0 aliphatic heterocycles. The molecule has 74 valence electrons. The molecule has 0 spiro atoms. The number of aromatic hydroxyl groups is 1. The van der Waals surface area contributed by atoms with Gasteiger partial charge in [-0.2, -0.15) is 13.2 Å². The Balaban J connectivity index is 2.80. The van der Waals surface area contributed by atoms with Crippen molar-refractivity contribution in [1.82, 2.24) is 4.37 Å². The number of phenolic OH excluding ortho intramolecular Hbond substituents is 1. The van der Waals surface area contributed by atoms with Gasteiger partial charge in [-0.1, -0.05) is 6.07 Å². The van der Waals surface area contributed by atoms with Crippen LogP contribution in [0.5, 0.6) is 5.75 Å². The lowest BCUT2D eigenvalue weighted by molar-refractivity contribution is 0.0153. The van der Waals surface area contributed by atoms with E-state index in [0.717, 1.165) is 18.5 Å². The largest absolute Gasteiger partial charge is 0.507 e. The first-order valence-corrected chi connectivity index (χ1v) is 4.73. The summed E-state index contributed by atoms with van der Waals surface area (Å²) in [5.74, 6) is -3.16. The minimum atomic E-state index is -3.02. The molecular weight excluding hydrogens is 208 g/mol. The molecule has 0 bridgehead atoms. The topological polar surface area (TPSA) is 33.1 Å². The van der Waals surface area contributed by atoms with Gasteiger partial charge in [0.15, 0.2) is 0 Å². The van der Waals surface area contributed by atoms with Crippen LogP contribution < -0.4 is 0 Å². The quantitative estimate of drug-likeness (QED) is 0.792. The molecule has 0 amide bonds. The molecule has 2 nitrogen and oxygen atoms in total. The molecule has 0 aliphatic carbocycles. The molecule has 1 aromatic heterocycles. The van der Waals surface area contributed by atoms with E-state index in [0.29, 0.717) is 4.70 Å². The lowest BCUT2D eigenvalue weighted by atomic mass is 10.1. The summed E-state index contributed by atoms with van der Waals surface area (Å²) < 4.78 is 30.3. The SMILES string of the molecule is CC(F)(F)c1nsc2cccc(O)c12. The van der Waals surface area contributed by atoms with Gasteiger partial charge >= 0.3 is 0 Å². The molecule has 14 heavy (non-hydrogen) atoms. The molecule has 0 saturated heterocycles. The zero-order valence-corrected chi connectivity index (χ0v) is 8.11. The lowest BCUT2D eigenvalue weighted by Gasteiger charge is -2.07. The van der Waals surface area contributed by atoms with Gasteiger partial charge in [-0.05, 0) is 23.7 Å². The number of halogens is 2. The third kappa shape index (κ3) is 1.33. The van der Waals surface area contributed by atoms with E-state index < -0.39 is 5.92 Å². The average molecular weight is 215 g/mol. The zero-order chi connectivity index (χ0) is 10.3. The van der Waals surface area contributed by atoms with E-state index in [1.807, 2.05) is 0 Å². The van der Waals surface area contributed by atoms with Crippen molar-refractivity contribution >= 4 is 21.6 Å². The Morgan fingerprint density at radius 1 is 1.43 bits per heavy atom. The maximum atomic E-state index is 13.0. The van der Waals surface area contributed by atoms with Crippen molar-refractivity contribution in [3.63, 3.8) is 0 Å². The van der Waals surface area contributed by atoms with Crippen LogP contribution in [0.15, 0.2) is 18.2 Å². The molecule has 2 aromatic rings. The van der Waals surface area contributed by atoms with E-state index >= 15 is 0 Å². The molecule has 0 radical (unpaired) electrons. The maximum Gasteiger partial charge on any atom is 0.288 e. The van der Waals surface area contributed by atoms with Crippen molar-refractivity contribution in [2.24, 2.45) is 0 Å². The second-order valence-electron chi connectivity index (χ2n) is 3.07. The fourth-order valence-corrected chi connectivity index (χ4v) is 2.15. The van der Waals surface area contributed by atoms with Gasteiger partial charge in [-0.3, -0.25) is 0 Å². The second-order valence-corrected chi connectivity index (χ2v) is 3.87. The summed E-state index contributed by atoms with van der Waals surface area (Å²) in [6, 6.07) is 4.64. The lowest BCUT2D eigenvalue weighted by Crippen LogP contribution is -2.07. The molecule has 0 saturated carbocycles. The van der Waals surface area contributed by atoms with Crippen molar-refractivity contribution in [3.8, 4) is 5.75 Å². The van der Waals surface area contributed by atoms with Crippen molar-refractivity contribution in [2.75, 3.05) is 0 Å². The molecule has 1 heterocycles. The Labute approximate surface area is 83.0 Å². The first kappa shape index (κ1) is 9.33. The second kappa shape index (κ2) is 2.88. The molecule has 1 N–H and O–H groups in total. The van der Waals surface area contributed by atoms with Gasteiger partial charge in [-0.15, -0.1) is 0 Å². The Kier molecular flexibility index (Phi) is 1.92. The monoisotopic (exact) mass is 215 g/mol. The minimum Gasteiger partial charge on any atom is -0.507 e. The highest BCUT2D eigenvalue weighted by Crippen LogP contribution is 2.38. The van der Waals surface area contributed by atoms with Crippen LogP contribution in [0.3, 0.4) is 0 Å². The minimum absolute atomic E-state index is 0.146. The Bertz CT molecular complexity index is 475. The van der Waals surface area contributed by atoms with Crippen LogP contribution in [0, 0.1) is 0 Å². The molecule has 0 fully saturated rings. The van der Waals surface area contributed by atoms with Gasteiger partial charge in [0.2, 0.25) is 0 Å². The Hall–Kier alpha value is -1.23. The number of hydrogen-bond donors (Lipinski definition) is 1. The van der Waals surface area contributed by atoms with Crippen LogP contribution in [0.2, 0.25) is 0 Å². The van der Waals surface area contributed by atoms with Gasteiger partial charge in [0.1, 0.15) is 11.4 Å². The van der Waals surface area contributed by atoms with E-state index in [1.54, 1.807) is 12.1 Å². The Morgan fingerprint density at radius 3 is 2.79 bits per heavy atom. The van der Waals surface area contributed by atoms with E-state index in [2.05, 4.69) is 4.37 Å². The summed E-state index contributed by atoms with van der Waals surface area (Å²) in [6.07, 6.45) is 0. The number of fused-ring (bicyclic) bond motifs is 1. The number of rotatable bonds is 1. The number of hydrogen-bond acceptors (Lipinski definition) is 3. The fraction of sp³-hybridized carbons (Fsp3) is 0.222. The number of nitrogens with zero attached hydrogens (tertiary/aromatic N) is 1. The summed E-state index contributed by atoms with van der Waals surface area (Å²) in [4.78, 5) is 0. The summed E-state index contributed by atoms with van der Waals surface area (Å²) in [6.45, 7) is 0.772. The fourth-order valence-electron chi connectivity index (χ4n) is 1.27. The summed E-state index contributed by atoms with van der Waals surface area (Å²) in [7, 11) is 0. The molecule has 1 aromatic carbocycles. The normalized spacial score (nSPS) is 12.2. The van der Waals surface area contributed by atoms with Crippen LogP contribution in [-0.4, -0.2) is 9.48 Å². The predicted octanol–water partition coefficient (Wildman–Crippen LogP) is 3.11. The standard InChI is InChI=1S/C9H7F2NOS/c1-9(10,11)8-7-5(13)3-2-4-6(7)14-12-8/h2-4,13H,1H3. The van der Waals surface area contributed by atoms with Crippen LogP contribution in [0.1, 0.15) is 12.6 Å². The number of benzene rings is 1. The first-order chi connectivity index (χ1) is 6.50. The average Bonchev–Trinajstić information content (AvgIpc) is 2.47. The van der Waals surface area contributed by atoms with Crippen LogP contribution in [0.4, 0.5) is 8.78 Å². The number of phenols is 1. The molecule has 0 unspecified atom stereocenters. The van der Waals surface area contributed by atoms with E-state index in [1.165, 1.54) is 6.07 Å². The molecule has 0 aliphatic rings. The van der Waals surface area contributed by atoms with Crippen LogP contribution in [0.25, 0.3) is 10.1 Å². The van der Waals surface area contributed by atoms with E-state index in [-0.39, 0.29) is 16.8 Å². The smallest absolute Gasteiger partial charge is 0.288 e. The summed E-state index contributed by atoms with van der Waals surface area (Å²) in [5.41, 5.74) is -0.351. The summed E-state index contributed by atoms with van der Waals surface area (Å²) in [5, 5.41) is 9.60. The van der Waals surface area contributed by atoms with Crippen molar-refractivity contribution < 1.29 is 13.9 Å². The van der Waals surface area contributed by atoms with Crippen molar-refractivity contribution in [1.29, 1.82) is 0 Å². The molecule has 0 atom stereocenters. The highest BCUT2D eigenvalue weighted by molar-refractivity contribution is 7.13. The van der Waals surface area contributed by atoms with E-state index in [4.69, 9.17) is 0 Å². The Morgan fingerprint density at radius 2 is 2.14 bits per heavy atom. The summed E-state index contributed by atoms with van der Waals surface area (Å²) >= 11 is 0.965. The highest BCUT2D eigenvalue weighted by atomic mass is 32.1. The zero-order valence-electron chi connectivity index (χ0n) is 7.29. The molecular formula is C9H7F2NOS. The predicted molar refractivity (Wildman–Crippen MR) is 50.9 cm³/mol. The van der Waals surface area contributed by atoms with Crippen molar-refractivity contribution in [3.05, 3.63) is 23.9 Å².